The lowest BCUT2D eigenvalue weighted by Gasteiger charge is -2.16. The van der Waals surface area contributed by atoms with E-state index in [0.29, 0.717) is 12.3 Å². The van der Waals surface area contributed by atoms with Crippen LogP contribution in [0.1, 0.15) is 18.4 Å². The molecule has 2 aromatic carbocycles. The fourth-order valence-electron chi connectivity index (χ4n) is 3.34. The molecule has 0 unspecified atom stereocenters. The molecule has 5 nitrogen and oxygen atoms in total. The van der Waals surface area contributed by atoms with Gasteiger partial charge < -0.3 is 19.8 Å². The first kappa shape index (κ1) is 16.5. The molecule has 0 aliphatic heterocycles. The van der Waals surface area contributed by atoms with E-state index in [1.165, 1.54) is 5.56 Å². The van der Waals surface area contributed by atoms with Crippen LogP contribution in [-0.4, -0.2) is 31.2 Å². The van der Waals surface area contributed by atoms with E-state index < -0.39 is 0 Å². The molecule has 3 aromatic rings. The number of aromatic nitrogens is 1. The van der Waals surface area contributed by atoms with Crippen LogP contribution in [0.2, 0.25) is 0 Å². The van der Waals surface area contributed by atoms with Crippen molar-refractivity contribution in [1.82, 2.24) is 10.3 Å². The minimum atomic E-state index is -0.0995. The largest absolute Gasteiger partial charge is 0.497 e. The fourth-order valence-corrected chi connectivity index (χ4v) is 3.34. The van der Waals surface area contributed by atoms with E-state index in [0.717, 1.165) is 29.5 Å². The summed E-state index contributed by atoms with van der Waals surface area (Å²) in [7, 11) is 1.67. The van der Waals surface area contributed by atoms with Crippen LogP contribution in [0.4, 0.5) is 0 Å². The SMILES string of the molecule is COc1ccc2[nH]cc(C3(CNC(=O)COc4ccccc4)CC3)c2c1. The van der Waals surface area contributed by atoms with E-state index in [1.807, 2.05) is 42.5 Å². The molecule has 0 atom stereocenters. The van der Waals surface area contributed by atoms with Gasteiger partial charge in [-0.15, -0.1) is 0 Å². The second-order valence-electron chi connectivity index (χ2n) is 6.77. The Morgan fingerprint density at radius 1 is 1.15 bits per heavy atom. The molecule has 5 heteroatoms. The molecular weight excluding hydrogens is 328 g/mol. The summed E-state index contributed by atoms with van der Waals surface area (Å²) in [6.45, 7) is 0.649. The molecule has 1 aliphatic carbocycles. The van der Waals surface area contributed by atoms with Gasteiger partial charge in [0.05, 0.1) is 7.11 Å². The molecule has 4 rings (SSSR count). The molecular formula is C21H22N2O3. The van der Waals surface area contributed by atoms with Crippen LogP contribution in [0.25, 0.3) is 10.9 Å². The number of carbonyl (C=O) groups excluding carboxylic acids is 1. The van der Waals surface area contributed by atoms with E-state index in [2.05, 4.69) is 22.6 Å². The number of benzene rings is 2. The second kappa shape index (κ2) is 6.75. The minimum Gasteiger partial charge on any atom is -0.497 e. The molecule has 1 aromatic heterocycles. The van der Waals surface area contributed by atoms with Gasteiger partial charge in [-0.2, -0.15) is 0 Å². The Bertz CT molecular complexity index is 913. The lowest BCUT2D eigenvalue weighted by Crippen LogP contribution is -2.35. The van der Waals surface area contributed by atoms with Gasteiger partial charge in [0.1, 0.15) is 11.5 Å². The first-order valence-electron chi connectivity index (χ1n) is 8.80. The molecule has 1 amide bonds. The van der Waals surface area contributed by atoms with Gasteiger partial charge in [0.25, 0.3) is 5.91 Å². The number of aromatic amines is 1. The molecule has 1 fully saturated rings. The number of methoxy groups -OCH3 is 1. The second-order valence-corrected chi connectivity index (χ2v) is 6.77. The maximum atomic E-state index is 12.2. The average molecular weight is 350 g/mol. The molecule has 1 saturated carbocycles. The normalized spacial score (nSPS) is 14.8. The van der Waals surface area contributed by atoms with Crippen molar-refractivity contribution in [2.24, 2.45) is 0 Å². The van der Waals surface area contributed by atoms with E-state index in [9.17, 15) is 4.79 Å². The summed E-state index contributed by atoms with van der Waals surface area (Å²) in [5, 5.41) is 4.19. The molecule has 0 saturated heterocycles. The number of ether oxygens (including phenoxy) is 2. The van der Waals surface area contributed by atoms with Crippen molar-refractivity contribution in [2.45, 2.75) is 18.3 Å². The lowest BCUT2D eigenvalue weighted by molar-refractivity contribution is -0.123. The zero-order valence-corrected chi connectivity index (χ0v) is 14.7. The third kappa shape index (κ3) is 3.25. The van der Waals surface area contributed by atoms with E-state index >= 15 is 0 Å². The monoisotopic (exact) mass is 350 g/mol. The zero-order valence-electron chi connectivity index (χ0n) is 14.7. The molecule has 134 valence electrons. The summed E-state index contributed by atoms with van der Waals surface area (Å²) in [6, 6.07) is 15.4. The van der Waals surface area contributed by atoms with Gasteiger partial charge in [0, 0.05) is 29.1 Å². The summed E-state index contributed by atoms with van der Waals surface area (Å²) in [6.07, 6.45) is 4.19. The number of carbonyl (C=O) groups is 1. The third-order valence-electron chi connectivity index (χ3n) is 5.05. The Kier molecular flexibility index (Phi) is 4.29. The van der Waals surface area contributed by atoms with E-state index in [-0.39, 0.29) is 17.9 Å². The maximum Gasteiger partial charge on any atom is 0.257 e. The van der Waals surface area contributed by atoms with Gasteiger partial charge in [-0.3, -0.25) is 4.79 Å². The van der Waals surface area contributed by atoms with Crippen molar-refractivity contribution in [3.8, 4) is 11.5 Å². The Balaban J connectivity index is 1.41. The number of hydrogen-bond donors (Lipinski definition) is 2. The number of H-pyrrole nitrogens is 1. The van der Waals surface area contributed by atoms with Crippen molar-refractivity contribution in [3.63, 3.8) is 0 Å². The number of para-hydroxylation sites is 1. The van der Waals surface area contributed by atoms with Gasteiger partial charge in [0.2, 0.25) is 0 Å². The van der Waals surface area contributed by atoms with Crippen molar-refractivity contribution in [3.05, 3.63) is 60.3 Å². The van der Waals surface area contributed by atoms with Crippen molar-refractivity contribution < 1.29 is 14.3 Å². The van der Waals surface area contributed by atoms with Crippen LogP contribution in [0.5, 0.6) is 11.5 Å². The van der Waals surface area contributed by atoms with Crippen LogP contribution >= 0.6 is 0 Å². The zero-order chi connectivity index (χ0) is 18.0. The standard InChI is InChI=1S/C21H22N2O3/c1-25-16-7-8-19-17(11-16)18(12-22-19)21(9-10-21)14-23-20(24)13-26-15-5-3-2-4-6-15/h2-8,11-12,22H,9-10,13-14H2,1H3,(H,23,24). The highest BCUT2D eigenvalue weighted by molar-refractivity contribution is 5.86. The molecule has 1 heterocycles. The number of rotatable bonds is 7. The van der Waals surface area contributed by atoms with Crippen LogP contribution in [0.15, 0.2) is 54.7 Å². The molecule has 0 radical (unpaired) electrons. The summed E-state index contributed by atoms with van der Waals surface area (Å²) in [5.74, 6) is 1.44. The highest BCUT2D eigenvalue weighted by atomic mass is 16.5. The van der Waals surface area contributed by atoms with Gasteiger partial charge in [-0.25, -0.2) is 0 Å². The summed E-state index contributed by atoms with van der Waals surface area (Å²) in [4.78, 5) is 15.5. The number of amides is 1. The van der Waals surface area contributed by atoms with Gasteiger partial charge >= 0.3 is 0 Å². The quantitative estimate of drug-likeness (QED) is 0.686. The van der Waals surface area contributed by atoms with Gasteiger partial charge in [-0.1, -0.05) is 18.2 Å². The Morgan fingerprint density at radius 3 is 2.69 bits per heavy atom. The van der Waals surface area contributed by atoms with Gasteiger partial charge in [-0.05, 0) is 48.7 Å². The number of nitrogens with one attached hydrogen (secondary N) is 2. The third-order valence-corrected chi connectivity index (χ3v) is 5.05. The Hall–Kier alpha value is -2.95. The summed E-state index contributed by atoms with van der Waals surface area (Å²) < 4.78 is 10.9. The first-order chi connectivity index (χ1) is 12.7. The highest BCUT2D eigenvalue weighted by Crippen LogP contribution is 2.50. The topological polar surface area (TPSA) is 63.3 Å². The highest BCUT2D eigenvalue weighted by Gasteiger charge is 2.45. The molecule has 0 bridgehead atoms. The Labute approximate surface area is 152 Å². The van der Waals surface area contributed by atoms with Crippen molar-refractivity contribution in [1.29, 1.82) is 0 Å². The summed E-state index contributed by atoms with van der Waals surface area (Å²) >= 11 is 0. The van der Waals surface area contributed by atoms with Crippen LogP contribution in [-0.2, 0) is 10.2 Å². The van der Waals surface area contributed by atoms with Crippen LogP contribution in [0.3, 0.4) is 0 Å². The molecule has 0 spiro atoms. The lowest BCUT2D eigenvalue weighted by atomic mass is 9.95. The first-order valence-corrected chi connectivity index (χ1v) is 8.80. The van der Waals surface area contributed by atoms with Crippen LogP contribution in [0, 0.1) is 0 Å². The average Bonchev–Trinajstić information content (AvgIpc) is 3.35. The van der Waals surface area contributed by atoms with Crippen LogP contribution < -0.4 is 14.8 Å². The van der Waals surface area contributed by atoms with E-state index in [1.54, 1.807) is 7.11 Å². The predicted molar refractivity (Wildman–Crippen MR) is 101 cm³/mol. The van der Waals surface area contributed by atoms with E-state index in [4.69, 9.17) is 9.47 Å². The minimum absolute atomic E-state index is 0.00697. The van der Waals surface area contributed by atoms with Crippen molar-refractivity contribution >= 4 is 16.8 Å². The molecule has 26 heavy (non-hydrogen) atoms. The van der Waals surface area contributed by atoms with Crippen molar-refractivity contribution in [2.75, 3.05) is 20.3 Å². The summed E-state index contributed by atoms with van der Waals surface area (Å²) in [5.41, 5.74) is 2.34. The predicted octanol–water partition coefficient (Wildman–Crippen LogP) is 3.40. The fraction of sp³-hybridized carbons (Fsp3) is 0.286. The van der Waals surface area contributed by atoms with Gasteiger partial charge in [0.15, 0.2) is 6.61 Å². The number of hydrogen-bond acceptors (Lipinski definition) is 3. The Morgan fingerprint density at radius 2 is 1.96 bits per heavy atom. The molecule has 1 aliphatic rings. The molecule has 2 N–H and O–H groups in total. The number of fused-ring (bicyclic) bond motifs is 1. The maximum absolute atomic E-state index is 12.2. The smallest absolute Gasteiger partial charge is 0.257 e.